The third-order valence-electron chi connectivity index (χ3n) is 2.30. The fourth-order valence-corrected chi connectivity index (χ4v) is 1.35. The van der Waals surface area contributed by atoms with Crippen molar-refractivity contribution in [3.8, 4) is 0 Å². The SMILES string of the molecule is CCOC(=O)Cc1ccc(N)c(N)c1C. The summed E-state index contributed by atoms with van der Waals surface area (Å²) in [5, 5.41) is 0. The number of carbonyl (C=O) groups is 1. The number of esters is 1. The maximum absolute atomic E-state index is 11.3. The second kappa shape index (κ2) is 4.68. The van der Waals surface area contributed by atoms with Crippen LogP contribution in [-0.4, -0.2) is 12.6 Å². The number of ether oxygens (including phenoxy) is 1. The number of rotatable bonds is 3. The van der Waals surface area contributed by atoms with E-state index in [9.17, 15) is 4.79 Å². The summed E-state index contributed by atoms with van der Waals surface area (Å²) in [6.45, 7) is 4.02. The highest BCUT2D eigenvalue weighted by atomic mass is 16.5. The second-order valence-corrected chi connectivity index (χ2v) is 3.33. The van der Waals surface area contributed by atoms with Crippen LogP contribution in [0.4, 0.5) is 11.4 Å². The van der Waals surface area contributed by atoms with E-state index in [1.807, 2.05) is 6.92 Å². The predicted molar refractivity (Wildman–Crippen MR) is 60.3 cm³/mol. The molecule has 0 spiro atoms. The number of benzene rings is 1. The maximum Gasteiger partial charge on any atom is 0.310 e. The summed E-state index contributed by atoms with van der Waals surface area (Å²) in [7, 11) is 0. The molecule has 1 aromatic rings. The van der Waals surface area contributed by atoms with Gasteiger partial charge in [0.2, 0.25) is 0 Å². The molecule has 0 amide bonds. The first-order valence-corrected chi connectivity index (χ1v) is 4.85. The zero-order valence-corrected chi connectivity index (χ0v) is 9.04. The molecule has 1 aromatic carbocycles. The van der Waals surface area contributed by atoms with Crippen molar-refractivity contribution in [3.05, 3.63) is 23.3 Å². The van der Waals surface area contributed by atoms with Crippen molar-refractivity contribution >= 4 is 17.3 Å². The first kappa shape index (κ1) is 11.4. The van der Waals surface area contributed by atoms with Crippen molar-refractivity contribution in [3.63, 3.8) is 0 Å². The molecule has 0 heterocycles. The summed E-state index contributed by atoms with van der Waals surface area (Å²) in [5.41, 5.74) is 14.2. The molecular weight excluding hydrogens is 192 g/mol. The second-order valence-electron chi connectivity index (χ2n) is 3.33. The molecule has 0 aliphatic heterocycles. The van der Waals surface area contributed by atoms with Crippen LogP contribution < -0.4 is 11.5 Å². The fraction of sp³-hybridized carbons (Fsp3) is 0.364. The van der Waals surface area contributed by atoms with Gasteiger partial charge in [0.25, 0.3) is 0 Å². The smallest absolute Gasteiger partial charge is 0.310 e. The van der Waals surface area contributed by atoms with Crippen LogP contribution in [0.2, 0.25) is 0 Å². The topological polar surface area (TPSA) is 78.3 Å². The lowest BCUT2D eigenvalue weighted by atomic mass is 10.0. The predicted octanol–water partition coefficient (Wildman–Crippen LogP) is 1.27. The molecule has 4 nitrogen and oxygen atoms in total. The molecule has 0 aliphatic rings. The molecule has 0 aromatic heterocycles. The van der Waals surface area contributed by atoms with Gasteiger partial charge >= 0.3 is 5.97 Å². The number of carbonyl (C=O) groups excluding carboxylic acids is 1. The summed E-state index contributed by atoms with van der Waals surface area (Å²) < 4.78 is 4.86. The van der Waals surface area contributed by atoms with E-state index in [1.54, 1.807) is 19.1 Å². The van der Waals surface area contributed by atoms with Crippen molar-refractivity contribution in [2.75, 3.05) is 18.1 Å². The minimum atomic E-state index is -0.246. The van der Waals surface area contributed by atoms with Gasteiger partial charge in [-0.15, -0.1) is 0 Å². The molecule has 15 heavy (non-hydrogen) atoms. The van der Waals surface area contributed by atoms with Gasteiger partial charge in [0, 0.05) is 0 Å². The molecule has 4 heteroatoms. The van der Waals surface area contributed by atoms with Gasteiger partial charge in [0.1, 0.15) is 0 Å². The third kappa shape index (κ3) is 2.62. The zero-order valence-electron chi connectivity index (χ0n) is 9.04. The van der Waals surface area contributed by atoms with E-state index in [-0.39, 0.29) is 12.4 Å². The molecule has 0 saturated heterocycles. The molecule has 4 N–H and O–H groups in total. The lowest BCUT2D eigenvalue weighted by Crippen LogP contribution is -2.10. The van der Waals surface area contributed by atoms with Crippen molar-refractivity contribution in [1.29, 1.82) is 0 Å². The molecule has 0 radical (unpaired) electrons. The van der Waals surface area contributed by atoms with Crippen molar-refractivity contribution in [2.24, 2.45) is 0 Å². The molecule has 0 unspecified atom stereocenters. The van der Waals surface area contributed by atoms with Crippen LogP contribution in [0, 0.1) is 6.92 Å². The molecule has 82 valence electrons. The summed E-state index contributed by atoms with van der Waals surface area (Å²) in [6.07, 6.45) is 0.240. The lowest BCUT2D eigenvalue weighted by Gasteiger charge is -2.10. The van der Waals surface area contributed by atoms with E-state index in [0.717, 1.165) is 11.1 Å². The van der Waals surface area contributed by atoms with E-state index < -0.39 is 0 Å². The van der Waals surface area contributed by atoms with E-state index in [4.69, 9.17) is 16.2 Å². The average Bonchev–Trinajstić information content (AvgIpc) is 2.20. The summed E-state index contributed by atoms with van der Waals surface area (Å²) in [6, 6.07) is 3.51. The highest BCUT2D eigenvalue weighted by molar-refractivity contribution is 5.76. The number of nitrogens with two attached hydrogens (primary N) is 2. The van der Waals surface area contributed by atoms with Crippen molar-refractivity contribution in [2.45, 2.75) is 20.3 Å². The minimum Gasteiger partial charge on any atom is -0.466 e. The highest BCUT2D eigenvalue weighted by Crippen LogP contribution is 2.23. The molecule has 1 rings (SSSR count). The molecule has 0 atom stereocenters. The Bertz CT molecular complexity index is 375. The summed E-state index contributed by atoms with van der Waals surface area (Å²) >= 11 is 0. The lowest BCUT2D eigenvalue weighted by molar-refractivity contribution is -0.142. The van der Waals surface area contributed by atoms with Crippen LogP contribution in [0.15, 0.2) is 12.1 Å². The van der Waals surface area contributed by atoms with Crippen LogP contribution in [0.3, 0.4) is 0 Å². The molecule has 0 bridgehead atoms. The van der Waals surface area contributed by atoms with E-state index in [1.165, 1.54) is 0 Å². The fourth-order valence-electron chi connectivity index (χ4n) is 1.35. The Kier molecular flexibility index (Phi) is 3.55. The maximum atomic E-state index is 11.3. The number of nitrogen functional groups attached to an aromatic ring is 2. The Morgan fingerprint density at radius 1 is 1.40 bits per heavy atom. The van der Waals surface area contributed by atoms with Gasteiger partial charge in [-0.1, -0.05) is 6.07 Å². The number of hydrogen-bond acceptors (Lipinski definition) is 4. The first-order chi connectivity index (χ1) is 7.06. The molecular formula is C11H16N2O2. The third-order valence-corrected chi connectivity index (χ3v) is 2.30. The molecule has 0 fully saturated rings. The largest absolute Gasteiger partial charge is 0.466 e. The van der Waals surface area contributed by atoms with Gasteiger partial charge < -0.3 is 16.2 Å². The first-order valence-electron chi connectivity index (χ1n) is 4.85. The monoisotopic (exact) mass is 208 g/mol. The highest BCUT2D eigenvalue weighted by Gasteiger charge is 2.09. The Balaban J connectivity index is 2.87. The van der Waals surface area contributed by atoms with E-state index in [0.29, 0.717) is 18.0 Å². The Hall–Kier alpha value is -1.71. The van der Waals surface area contributed by atoms with E-state index in [2.05, 4.69) is 0 Å². The van der Waals surface area contributed by atoms with Gasteiger partial charge in [-0.05, 0) is 31.0 Å². The average molecular weight is 208 g/mol. The Morgan fingerprint density at radius 3 is 2.67 bits per heavy atom. The Labute approximate surface area is 89.2 Å². The van der Waals surface area contributed by atoms with Crippen LogP contribution in [-0.2, 0) is 16.0 Å². The van der Waals surface area contributed by atoms with Gasteiger partial charge in [-0.25, -0.2) is 0 Å². The normalized spacial score (nSPS) is 10.0. The van der Waals surface area contributed by atoms with Crippen molar-refractivity contribution in [1.82, 2.24) is 0 Å². The van der Waals surface area contributed by atoms with Gasteiger partial charge in [0.15, 0.2) is 0 Å². The minimum absolute atomic E-state index is 0.240. The Morgan fingerprint density at radius 2 is 2.07 bits per heavy atom. The molecule has 0 aliphatic carbocycles. The van der Waals surface area contributed by atoms with Crippen LogP contribution >= 0.6 is 0 Å². The van der Waals surface area contributed by atoms with Crippen LogP contribution in [0.5, 0.6) is 0 Å². The number of anilines is 2. The standard InChI is InChI=1S/C11H16N2O2/c1-3-15-10(14)6-8-4-5-9(12)11(13)7(8)2/h4-5H,3,6,12-13H2,1-2H3. The van der Waals surface area contributed by atoms with Gasteiger partial charge in [0.05, 0.1) is 24.4 Å². The van der Waals surface area contributed by atoms with Gasteiger partial charge in [-0.3, -0.25) is 4.79 Å². The van der Waals surface area contributed by atoms with E-state index >= 15 is 0 Å². The molecule has 0 saturated carbocycles. The van der Waals surface area contributed by atoms with Gasteiger partial charge in [-0.2, -0.15) is 0 Å². The quantitative estimate of drug-likeness (QED) is 0.579. The van der Waals surface area contributed by atoms with Crippen LogP contribution in [0.1, 0.15) is 18.1 Å². The summed E-state index contributed by atoms with van der Waals surface area (Å²) in [4.78, 5) is 11.3. The van der Waals surface area contributed by atoms with Crippen LogP contribution in [0.25, 0.3) is 0 Å². The van der Waals surface area contributed by atoms with Crippen molar-refractivity contribution < 1.29 is 9.53 Å². The zero-order chi connectivity index (χ0) is 11.4. The summed E-state index contributed by atoms with van der Waals surface area (Å²) in [5.74, 6) is -0.246. The number of hydrogen-bond donors (Lipinski definition) is 2.